The largest absolute Gasteiger partial charge is 0.433 e. The third-order valence-electron chi connectivity index (χ3n) is 3.99. The highest BCUT2D eigenvalue weighted by Gasteiger charge is 2.44. The van der Waals surface area contributed by atoms with Crippen LogP contribution in [0.1, 0.15) is 22.5 Å². The van der Waals surface area contributed by atoms with Gasteiger partial charge in [-0.05, 0) is 0 Å². The fourth-order valence-electron chi connectivity index (χ4n) is 3.06. The number of hydrogen-bond donors (Lipinski definition) is 0. The minimum Gasteiger partial charge on any atom is -0.306 e. The number of nitriles is 4. The Balaban J connectivity index is 2.95. The molecule has 3 rings (SSSR count). The second-order valence-electron chi connectivity index (χ2n) is 5.56. The van der Waals surface area contributed by atoms with E-state index in [1.54, 1.807) is 0 Å². The standard InChI is InChI=1S/C16H2F6N8/c17-15(18,19)13-11-9(27-5-25)7(1-23)3-29(11)14(16(20,21)22)12-10(28-6-26)8(2-24)4-30(12)13/h3-4H/b27-9+,28-10+. The van der Waals surface area contributed by atoms with Crippen LogP contribution >= 0.6 is 0 Å². The van der Waals surface area contributed by atoms with E-state index < -0.39 is 56.6 Å². The third kappa shape index (κ3) is 2.76. The first-order chi connectivity index (χ1) is 14.0. The Labute approximate surface area is 160 Å². The molecule has 148 valence electrons. The van der Waals surface area contributed by atoms with Crippen molar-refractivity contribution >= 4 is 11.0 Å². The minimum atomic E-state index is -5.32. The second-order valence-corrected chi connectivity index (χ2v) is 5.56. The van der Waals surface area contributed by atoms with E-state index in [1.165, 1.54) is 12.1 Å². The van der Waals surface area contributed by atoms with Gasteiger partial charge in [-0.25, -0.2) is 0 Å². The molecule has 14 heteroatoms. The summed E-state index contributed by atoms with van der Waals surface area (Å²) in [4.78, 5) is 6.19. The highest BCUT2D eigenvalue weighted by molar-refractivity contribution is 5.69. The van der Waals surface area contributed by atoms with Crippen LogP contribution in [0.15, 0.2) is 22.4 Å². The zero-order chi connectivity index (χ0) is 22.4. The number of aromatic nitrogens is 2. The Bertz CT molecular complexity index is 1390. The van der Waals surface area contributed by atoms with Crippen molar-refractivity contribution in [2.75, 3.05) is 0 Å². The molecular formula is C16H2F6N8. The average molecular weight is 420 g/mol. The minimum absolute atomic E-state index is 0.0183. The van der Waals surface area contributed by atoms with Gasteiger partial charge in [-0.15, -0.1) is 0 Å². The van der Waals surface area contributed by atoms with Crippen molar-refractivity contribution in [1.29, 1.82) is 21.0 Å². The van der Waals surface area contributed by atoms with E-state index in [0.717, 1.165) is 12.4 Å². The lowest BCUT2D eigenvalue weighted by Crippen LogP contribution is -2.24. The summed E-state index contributed by atoms with van der Waals surface area (Å²) in [5, 5.41) is 34.0. The molecule has 0 aromatic carbocycles. The zero-order valence-corrected chi connectivity index (χ0v) is 14.0. The number of nitrogens with zero attached hydrogens (tertiary/aromatic N) is 8. The number of alkyl halides is 6. The molecule has 0 spiro atoms. The maximum Gasteiger partial charge on any atom is 0.433 e. The highest BCUT2D eigenvalue weighted by Crippen LogP contribution is 2.38. The predicted molar refractivity (Wildman–Crippen MR) is 81.3 cm³/mol. The Hall–Kier alpha value is -4.56. The lowest BCUT2D eigenvalue weighted by molar-refractivity contribution is -0.145. The van der Waals surface area contributed by atoms with Gasteiger partial charge in [0.05, 0.1) is 11.1 Å². The molecule has 30 heavy (non-hydrogen) atoms. The van der Waals surface area contributed by atoms with Gasteiger partial charge in [0.25, 0.3) is 0 Å². The molecule has 0 aliphatic rings. The molecule has 0 aliphatic carbocycles. The van der Waals surface area contributed by atoms with Crippen LogP contribution in [0.2, 0.25) is 0 Å². The monoisotopic (exact) mass is 420 g/mol. The molecule has 0 amide bonds. The SMILES string of the molecule is N#C/N=c1\c(C#N)cn2c(C(F)(F)F)c3/c(=N/C#N)c(C#N)cn3c(C(F)(F)F)c12. The van der Waals surface area contributed by atoms with Crippen LogP contribution in [0.25, 0.3) is 11.0 Å². The van der Waals surface area contributed by atoms with Crippen LogP contribution in [0.4, 0.5) is 26.3 Å². The Morgan fingerprint density at radius 2 is 1.00 bits per heavy atom. The average Bonchev–Trinajstić information content (AvgIpc) is 3.16. The van der Waals surface area contributed by atoms with E-state index in [4.69, 9.17) is 21.0 Å². The maximum atomic E-state index is 13.9. The lowest BCUT2D eigenvalue weighted by atomic mass is 10.2. The molecule has 0 aliphatic heterocycles. The predicted octanol–water partition coefficient (Wildman–Crippen LogP) is 2.17. The first-order valence-corrected chi connectivity index (χ1v) is 7.41. The number of fused-ring (bicyclic) bond motifs is 2. The van der Waals surface area contributed by atoms with E-state index in [1.807, 2.05) is 0 Å². The van der Waals surface area contributed by atoms with Gasteiger partial charge in [-0.3, -0.25) is 0 Å². The summed E-state index contributed by atoms with van der Waals surface area (Å²) < 4.78 is 83.7. The van der Waals surface area contributed by atoms with Gasteiger partial charge >= 0.3 is 12.4 Å². The van der Waals surface area contributed by atoms with Crippen LogP contribution < -0.4 is 10.7 Å². The summed E-state index contributed by atoms with van der Waals surface area (Å²) >= 11 is 0. The van der Waals surface area contributed by atoms with Crippen LogP contribution in [0.5, 0.6) is 0 Å². The fourth-order valence-corrected chi connectivity index (χ4v) is 3.06. The molecule has 0 saturated heterocycles. The lowest BCUT2D eigenvalue weighted by Gasteiger charge is -2.18. The topological polar surface area (TPSA) is 129 Å². The van der Waals surface area contributed by atoms with Gasteiger partial charge in [0.1, 0.15) is 33.9 Å². The van der Waals surface area contributed by atoms with Gasteiger partial charge in [0.15, 0.2) is 11.4 Å². The van der Waals surface area contributed by atoms with Crippen molar-refractivity contribution in [1.82, 2.24) is 8.80 Å². The van der Waals surface area contributed by atoms with Crippen LogP contribution in [0.3, 0.4) is 0 Å². The molecule has 0 radical (unpaired) electrons. The molecule has 3 heterocycles. The van der Waals surface area contributed by atoms with Gasteiger partial charge in [0, 0.05) is 12.4 Å². The van der Waals surface area contributed by atoms with Crippen molar-refractivity contribution < 1.29 is 26.3 Å². The molecule has 3 aromatic rings. The van der Waals surface area contributed by atoms with E-state index in [9.17, 15) is 26.3 Å². The van der Waals surface area contributed by atoms with Crippen molar-refractivity contribution in [3.8, 4) is 24.5 Å². The van der Waals surface area contributed by atoms with Crippen LogP contribution in [0, 0.1) is 45.6 Å². The molecule has 0 N–H and O–H groups in total. The van der Waals surface area contributed by atoms with Crippen molar-refractivity contribution in [2.24, 2.45) is 9.98 Å². The summed E-state index contributed by atoms with van der Waals surface area (Å²) in [6.45, 7) is 0. The van der Waals surface area contributed by atoms with Gasteiger partial charge < -0.3 is 8.80 Å². The van der Waals surface area contributed by atoms with Crippen molar-refractivity contribution in [3.63, 3.8) is 0 Å². The smallest absolute Gasteiger partial charge is 0.306 e. The van der Waals surface area contributed by atoms with Crippen LogP contribution in [-0.4, -0.2) is 8.80 Å². The van der Waals surface area contributed by atoms with Gasteiger partial charge in [-0.2, -0.15) is 57.4 Å². The van der Waals surface area contributed by atoms with Crippen molar-refractivity contribution in [2.45, 2.75) is 12.4 Å². The second kappa shape index (κ2) is 6.50. The Kier molecular flexibility index (Phi) is 4.37. The van der Waals surface area contributed by atoms with E-state index in [-0.39, 0.29) is 8.80 Å². The molecule has 0 bridgehead atoms. The quantitative estimate of drug-likeness (QED) is 0.408. The molecule has 0 saturated carbocycles. The Morgan fingerprint density at radius 3 is 1.23 bits per heavy atom. The van der Waals surface area contributed by atoms with E-state index >= 15 is 0 Å². The Morgan fingerprint density at radius 1 is 0.667 bits per heavy atom. The highest BCUT2D eigenvalue weighted by atomic mass is 19.4. The molecule has 0 atom stereocenters. The zero-order valence-electron chi connectivity index (χ0n) is 14.0. The first-order valence-electron chi connectivity index (χ1n) is 7.41. The normalized spacial score (nSPS) is 13.3. The summed E-state index contributed by atoms with van der Waals surface area (Å²) in [5.41, 5.74) is -7.36. The fraction of sp³-hybridized carbons (Fsp3) is 0.125. The number of halogens is 6. The number of rotatable bonds is 0. The molecule has 0 unspecified atom stereocenters. The maximum absolute atomic E-state index is 13.9. The van der Waals surface area contributed by atoms with Gasteiger partial charge in [-0.1, -0.05) is 0 Å². The van der Waals surface area contributed by atoms with Crippen LogP contribution in [-0.2, 0) is 12.4 Å². The summed E-state index contributed by atoms with van der Waals surface area (Å²) in [5.74, 6) is 0. The molecule has 8 nitrogen and oxygen atoms in total. The third-order valence-corrected chi connectivity index (χ3v) is 3.99. The molecule has 3 aromatic heterocycles. The van der Waals surface area contributed by atoms with Crippen molar-refractivity contribution in [3.05, 3.63) is 45.6 Å². The summed E-state index contributed by atoms with van der Waals surface area (Å²) in [6, 6.07) is 2.80. The first kappa shape index (κ1) is 20.2. The number of hydrogen-bond acceptors (Lipinski definition) is 6. The summed E-state index contributed by atoms with van der Waals surface area (Å²) in [7, 11) is 0. The van der Waals surface area contributed by atoms with Gasteiger partial charge in [0.2, 0.25) is 12.4 Å². The molecular weight excluding hydrogens is 418 g/mol. The molecule has 0 fully saturated rings. The van der Waals surface area contributed by atoms with E-state index in [2.05, 4.69) is 9.98 Å². The van der Waals surface area contributed by atoms with E-state index in [0.29, 0.717) is 12.4 Å². The summed E-state index contributed by atoms with van der Waals surface area (Å²) in [6.07, 6.45) is -7.43.